The van der Waals surface area contributed by atoms with Crippen LogP contribution in [0.3, 0.4) is 0 Å². The minimum Gasteiger partial charge on any atom is -0.355 e. The number of nitrogens with zero attached hydrogens (tertiary/aromatic N) is 1. The maximum absolute atomic E-state index is 11.7. The van der Waals surface area contributed by atoms with Crippen LogP contribution < -0.4 is 5.32 Å². The van der Waals surface area contributed by atoms with Crippen LogP contribution in [0.2, 0.25) is 0 Å². The van der Waals surface area contributed by atoms with Crippen molar-refractivity contribution in [2.45, 2.75) is 39.0 Å². The van der Waals surface area contributed by atoms with Gasteiger partial charge in [0, 0.05) is 12.7 Å². The molecule has 88 valence electrons. The Hall–Kier alpha value is -1.32. The van der Waals surface area contributed by atoms with Gasteiger partial charge in [0.1, 0.15) is 0 Å². The second-order valence-electron chi connectivity index (χ2n) is 4.77. The van der Waals surface area contributed by atoms with E-state index in [2.05, 4.69) is 22.4 Å². The number of hydrogen-bond donors (Lipinski definition) is 2. The van der Waals surface area contributed by atoms with E-state index in [1.165, 1.54) is 25.7 Å². The van der Waals surface area contributed by atoms with Gasteiger partial charge in [-0.05, 0) is 30.2 Å². The van der Waals surface area contributed by atoms with Gasteiger partial charge in [-0.2, -0.15) is 5.10 Å². The SMILES string of the molecule is CCC1(CNC(=O)Cc2cn[nH]c2)CCC1. The average Bonchev–Trinajstić information content (AvgIpc) is 2.69. The molecule has 0 aromatic carbocycles. The van der Waals surface area contributed by atoms with Gasteiger partial charge in [-0.1, -0.05) is 13.3 Å². The third-order valence-corrected chi connectivity index (χ3v) is 3.74. The van der Waals surface area contributed by atoms with Crippen molar-refractivity contribution in [1.82, 2.24) is 15.5 Å². The van der Waals surface area contributed by atoms with Gasteiger partial charge in [0.25, 0.3) is 0 Å². The zero-order valence-electron chi connectivity index (χ0n) is 9.75. The number of H-pyrrole nitrogens is 1. The number of hydrogen-bond acceptors (Lipinski definition) is 2. The smallest absolute Gasteiger partial charge is 0.224 e. The molecule has 1 fully saturated rings. The van der Waals surface area contributed by atoms with Crippen molar-refractivity contribution in [3.63, 3.8) is 0 Å². The van der Waals surface area contributed by atoms with Crippen LogP contribution in [0.5, 0.6) is 0 Å². The van der Waals surface area contributed by atoms with Gasteiger partial charge in [-0.25, -0.2) is 0 Å². The number of nitrogens with one attached hydrogen (secondary N) is 2. The molecule has 2 N–H and O–H groups in total. The van der Waals surface area contributed by atoms with Crippen LogP contribution in [0.1, 0.15) is 38.2 Å². The van der Waals surface area contributed by atoms with E-state index in [0.29, 0.717) is 11.8 Å². The van der Waals surface area contributed by atoms with Crippen LogP contribution in [-0.2, 0) is 11.2 Å². The van der Waals surface area contributed by atoms with Crippen LogP contribution in [0, 0.1) is 5.41 Å². The molecule has 1 saturated carbocycles. The lowest BCUT2D eigenvalue weighted by Crippen LogP contribution is -2.42. The number of carbonyl (C=O) groups is 1. The van der Waals surface area contributed by atoms with E-state index in [-0.39, 0.29) is 5.91 Å². The van der Waals surface area contributed by atoms with Gasteiger partial charge in [-0.15, -0.1) is 0 Å². The summed E-state index contributed by atoms with van der Waals surface area (Å²) in [6, 6.07) is 0. The molecule has 2 rings (SSSR count). The normalized spacial score (nSPS) is 17.8. The molecule has 1 aromatic rings. The maximum atomic E-state index is 11.7. The Kier molecular flexibility index (Phi) is 3.27. The zero-order chi connectivity index (χ0) is 11.4. The van der Waals surface area contributed by atoms with Gasteiger partial charge in [0.15, 0.2) is 0 Å². The molecule has 1 amide bonds. The minimum absolute atomic E-state index is 0.0983. The Balaban J connectivity index is 1.75. The van der Waals surface area contributed by atoms with E-state index in [1.54, 1.807) is 12.4 Å². The van der Waals surface area contributed by atoms with Crippen molar-refractivity contribution >= 4 is 5.91 Å². The Morgan fingerprint density at radius 2 is 2.44 bits per heavy atom. The predicted octanol–water partition coefficient (Wildman–Crippen LogP) is 1.65. The van der Waals surface area contributed by atoms with Crippen molar-refractivity contribution in [3.8, 4) is 0 Å². The lowest BCUT2D eigenvalue weighted by molar-refractivity contribution is -0.121. The summed E-state index contributed by atoms with van der Waals surface area (Å²) in [5.74, 6) is 0.0983. The number of aromatic amines is 1. The lowest BCUT2D eigenvalue weighted by atomic mass is 9.67. The predicted molar refractivity (Wildman–Crippen MR) is 61.9 cm³/mol. The molecule has 4 heteroatoms. The summed E-state index contributed by atoms with van der Waals surface area (Å²) in [6.07, 6.45) is 8.88. The summed E-state index contributed by atoms with van der Waals surface area (Å²) in [7, 11) is 0. The van der Waals surface area contributed by atoms with Crippen molar-refractivity contribution < 1.29 is 4.79 Å². The molecule has 16 heavy (non-hydrogen) atoms. The summed E-state index contributed by atoms with van der Waals surface area (Å²) < 4.78 is 0. The molecule has 0 saturated heterocycles. The molecule has 4 nitrogen and oxygen atoms in total. The van der Waals surface area contributed by atoms with Crippen molar-refractivity contribution in [2.24, 2.45) is 5.41 Å². The van der Waals surface area contributed by atoms with E-state index in [0.717, 1.165) is 12.1 Å². The van der Waals surface area contributed by atoms with Gasteiger partial charge in [-0.3, -0.25) is 9.89 Å². The Morgan fingerprint density at radius 3 is 2.94 bits per heavy atom. The largest absolute Gasteiger partial charge is 0.355 e. The number of aromatic nitrogens is 2. The molecule has 1 heterocycles. The van der Waals surface area contributed by atoms with Gasteiger partial charge in [0.2, 0.25) is 5.91 Å². The molecule has 0 spiro atoms. The second kappa shape index (κ2) is 4.68. The highest BCUT2D eigenvalue weighted by molar-refractivity contribution is 5.78. The summed E-state index contributed by atoms with van der Waals surface area (Å²) in [6.45, 7) is 3.04. The van der Waals surface area contributed by atoms with E-state index in [9.17, 15) is 4.79 Å². The van der Waals surface area contributed by atoms with Crippen molar-refractivity contribution in [2.75, 3.05) is 6.54 Å². The molecular weight excluding hydrogens is 202 g/mol. The highest BCUT2D eigenvalue weighted by Crippen LogP contribution is 2.42. The first kappa shape index (κ1) is 11.2. The number of rotatable bonds is 5. The fraction of sp³-hybridized carbons (Fsp3) is 0.667. The second-order valence-corrected chi connectivity index (χ2v) is 4.77. The summed E-state index contributed by atoms with van der Waals surface area (Å²) in [4.78, 5) is 11.7. The molecule has 1 aliphatic rings. The average molecular weight is 221 g/mol. The molecule has 1 aromatic heterocycles. The summed E-state index contributed by atoms with van der Waals surface area (Å²) >= 11 is 0. The van der Waals surface area contributed by atoms with E-state index < -0.39 is 0 Å². The maximum Gasteiger partial charge on any atom is 0.224 e. The highest BCUT2D eigenvalue weighted by atomic mass is 16.1. The molecule has 0 aliphatic heterocycles. The Labute approximate surface area is 95.8 Å². The third-order valence-electron chi connectivity index (χ3n) is 3.74. The molecule has 0 bridgehead atoms. The third kappa shape index (κ3) is 2.43. The first-order valence-corrected chi connectivity index (χ1v) is 5.98. The van der Waals surface area contributed by atoms with Crippen LogP contribution in [0.25, 0.3) is 0 Å². The zero-order valence-corrected chi connectivity index (χ0v) is 9.75. The van der Waals surface area contributed by atoms with E-state index >= 15 is 0 Å². The molecular formula is C12H19N3O. The Morgan fingerprint density at radius 1 is 1.62 bits per heavy atom. The summed E-state index contributed by atoms with van der Waals surface area (Å²) in [5.41, 5.74) is 1.34. The molecule has 0 radical (unpaired) electrons. The highest BCUT2D eigenvalue weighted by Gasteiger charge is 2.35. The van der Waals surface area contributed by atoms with Crippen LogP contribution in [0.15, 0.2) is 12.4 Å². The molecule has 0 atom stereocenters. The van der Waals surface area contributed by atoms with Gasteiger partial charge in [0.05, 0.1) is 12.6 Å². The lowest BCUT2D eigenvalue weighted by Gasteiger charge is -2.41. The first-order chi connectivity index (χ1) is 7.74. The van der Waals surface area contributed by atoms with Crippen molar-refractivity contribution in [1.29, 1.82) is 0 Å². The van der Waals surface area contributed by atoms with Crippen molar-refractivity contribution in [3.05, 3.63) is 18.0 Å². The standard InChI is InChI=1S/C12H19N3O/c1-2-12(4-3-5-12)9-13-11(16)6-10-7-14-15-8-10/h7-8H,2-6,9H2,1H3,(H,13,16)(H,14,15). The topological polar surface area (TPSA) is 57.8 Å². The first-order valence-electron chi connectivity index (χ1n) is 5.98. The molecule has 0 unspecified atom stereocenters. The summed E-state index contributed by atoms with van der Waals surface area (Å²) in [5, 5.41) is 9.57. The Bertz CT molecular complexity index is 336. The molecule has 1 aliphatic carbocycles. The van der Waals surface area contributed by atoms with Gasteiger partial charge >= 0.3 is 0 Å². The van der Waals surface area contributed by atoms with Crippen LogP contribution in [-0.4, -0.2) is 22.6 Å². The quantitative estimate of drug-likeness (QED) is 0.794. The van der Waals surface area contributed by atoms with E-state index in [4.69, 9.17) is 0 Å². The van der Waals surface area contributed by atoms with Crippen LogP contribution in [0.4, 0.5) is 0 Å². The monoisotopic (exact) mass is 221 g/mol. The minimum atomic E-state index is 0.0983. The van der Waals surface area contributed by atoms with E-state index in [1.807, 2.05) is 0 Å². The number of amides is 1. The fourth-order valence-electron chi connectivity index (χ4n) is 2.24. The van der Waals surface area contributed by atoms with Gasteiger partial charge < -0.3 is 5.32 Å². The fourth-order valence-corrected chi connectivity index (χ4v) is 2.24. The number of carbonyl (C=O) groups excluding carboxylic acids is 1. The van der Waals surface area contributed by atoms with Crippen LogP contribution >= 0.6 is 0 Å².